The molecule has 1 aliphatic heterocycles. The second-order valence-electron chi connectivity index (χ2n) is 6.36. The maximum atomic E-state index is 13.3. The first kappa shape index (κ1) is 18.4. The summed E-state index contributed by atoms with van der Waals surface area (Å²) in [7, 11) is 0.368. The summed E-state index contributed by atoms with van der Waals surface area (Å²) in [5.41, 5.74) is 1.33. The van der Waals surface area contributed by atoms with Gasteiger partial charge in [0, 0.05) is 23.2 Å². The largest absolute Gasteiger partial charge is 0.497 e. The Labute approximate surface area is 164 Å². The number of benzene rings is 2. The minimum atomic E-state index is -1.19. The number of para-hydroxylation sites is 1. The van der Waals surface area contributed by atoms with Crippen LogP contribution in [-0.2, 0) is 22.1 Å². The van der Waals surface area contributed by atoms with Gasteiger partial charge in [-0.25, -0.2) is 4.79 Å². The van der Waals surface area contributed by atoms with Gasteiger partial charge in [0.25, 0.3) is 5.56 Å². The number of aryl methyl sites for hydroxylation is 1. The second kappa shape index (κ2) is 7.24. The van der Waals surface area contributed by atoms with E-state index in [2.05, 4.69) is 0 Å². The van der Waals surface area contributed by atoms with Crippen molar-refractivity contribution in [1.82, 2.24) is 4.57 Å². The van der Waals surface area contributed by atoms with Crippen LogP contribution in [0.15, 0.2) is 52.2 Å². The molecule has 6 nitrogen and oxygen atoms in total. The first-order valence-electron chi connectivity index (χ1n) is 8.96. The van der Waals surface area contributed by atoms with Crippen LogP contribution in [0.1, 0.15) is 17.3 Å². The molecule has 2 heterocycles. The molecule has 0 fully saturated rings. The zero-order valence-corrected chi connectivity index (χ0v) is 16.4. The number of hydrogen-bond donors (Lipinski definition) is 0. The van der Waals surface area contributed by atoms with Crippen LogP contribution in [0.2, 0.25) is 0 Å². The zero-order chi connectivity index (χ0) is 19.8. The van der Waals surface area contributed by atoms with Crippen LogP contribution >= 0.6 is 0 Å². The fraction of sp³-hybridized carbons (Fsp3) is 0.238. The number of hydrogen-bond acceptors (Lipinski definition) is 5. The standard InChI is InChI=1S/C21H19NO5S/c1-3-27-21(24)18-17(13-6-4-7-14(12-13)26-2)15-8-5-9-16-19(15)22(20(18)23)10-11-28(16)25/h4-9,12H,3,10-11H2,1-2H3. The number of nitrogens with zero attached hydrogens (tertiary/aromatic N) is 1. The number of rotatable bonds is 4. The number of ether oxygens (including phenoxy) is 2. The van der Waals surface area contributed by atoms with E-state index in [0.717, 1.165) is 0 Å². The number of carbonyl (C=O) groups is 1. The molecule has 0 bridgehead atoms. The molecule has 7 heteroatoms. The van der Waals surface area contributed by atoms with Gasteiger partial charge in [0.1, 0.15) is 11.3 Å². The average Bonchev–Trinajstić information content (AvgIpc) is 2.71. The Morgan fingerprint density at radius 2 is 2.00 bits per heavy atom. The van der Waals surface area contributed by atoms with Crippen LogP contribution in [-0.4, -0.2) is 34.2 Å². The molecule has 144 valence electrons. The van der Waals surface area contributed by atoms with Crippen molar-refractivity contribution in [1.29, 1.82) is 0 Å². The molecule has 3 aromatic rings. The predicted molar refractivity (Wildman–Crippen MR) is 107 cm³/mol. The zero-order valence-electron chi connectivity index (χ0n) is 15.6. The lowest BCUT2D eigenvalue weighted by Crippen LogP contribution is -2.33. The Hall–Kier alpha value is -2.93. The van der Waals surface area contributed by atoms with Gasteiger partial charge in [0.2, 0.25) is 0 Å². The topological polar surface area (TPSA) is 74.6 Å². The molecule has 0 radical (unpaired) electrons. The first-order chi connectivity index (χ1) is 13.6. The Bertz CT molecular complexity index is 1180. The molecule has 0 amide bonds. The lowest BCUT2D eigenvalue weighted by Gasteiger charge is -2.22. The third kappa shape index (κ3) is 2.82. The smallest absolute Gasteiger partial charge is 0.344 e. The molecule has 1 aliphatic rings. The maximum Gasteiger partial charge on any atom is 0.344 e. The van der Waals surface area contributed by atoms with Crippen LogP contribution in [0, 0.1) is 0 Å². The van der Waals surface area contributed by atoms with E-state index in [1.54, 1.807) is 48.9 Å². The van der Waals surface area contributed by atoms with E-state index >= 15 is 0 Å². The van der Waals surface area contributed by atoms with E-state index in [-0.39, 0.29) is 12.2 Å². The summed E-state index contributed by atoms with van der Waals surface area (Å²) in [5, 5.41) is 0.696. The molecule has 0 saturated carbocycles. The van der Waals surface area contributed by atoms with Gasteiger partial charge in [-0.15, -0.1) is 0 Å². The average molecular weight is 397 g/mol. The van der Waals surface area contributed by atoms with E-state index in [0.29, 0.717) is 45.0 Å². The second-order valence-corrected chi connectivity index (χ2v) is 7.90. The van der Waals surface area contributed by atoms with Crippen molar-refractivity contribution >= 4 is 27.7 Å². The molecule has 2 aromatic carbocycles. The minimum absolute atomic E-state index is 0.00700. The van der Waals surface area contributed by atoms with Gasteiger partial charge in [-0.1, -0.05) is 24.3 Å². The molecule has 4 rings (SSSR count). The van der Waals surface area contributed by atoms with Crippen LogP contribution in [0.5, 0.6) is 5.75 Å². The van der Waals surface area contributed by atoms with Gasteiger partial charge in [-0.05, 0) is 30.7 Å². The monoisotopic (exact) mass is 397 g/mol. The van der Waals surface area contributed by atoms with E-state index in [4.69, 9.17) is 9.47 Å². The number of esters is 1. The summed E-state index contributed by atoms with van der Waals surface area (Å²) in [5.74, 6) is 0.289. The molecular formula is C21H19NO5S. The fourth-order valence-corrected chi connectivity index (χ4v) is 4.87. The van der Waals surface area contributed by atoms with Gasteiger partial charge >= 0.3 is 5.97 Å². The third-order valence-corrected chi connectivity index (χ3v) is 6.20. The fourth-order valence-electron chi connectivity index (χ4n) is 3.63. The highest BCUT2D eigenvalue weighted by atomic mass is 32.2. The lowest BCUT2D eigenvalue weighted by atomic mass is 9.95. The number of methoxy groups -OCH3 is 1. The summed E-state index contributed by atoms with van der Waals surface area (Å²) < 4.78 is 24.6. The molecule has 1 aromatic heterocycles. The quantitative estimate of drug-likeness (QED) is 0.633. The van der Waals surface area contributed by atoms with Crippen LogP contribution < -0.4 is 10.3 Å². The molecule has 0 saturated heterocycles. The molecular weight excluding hydrogens is 378 g/mol. The van der Waals surface area contributed by atoms with Gasteiger partial charge in [0.15, 0.2) is 0 Å². The summed E-state index contributed by atoms with van der Waals surface area (Å²) in [6.45, 7) is 2.16. The van der Waals surface area contributed by atoms with E-state index in [1.807, 2.05) is 12.1 Å². The summed E-state index contributed by atoms with van der Waals surface area (Å²) in [4.78, 5) is 26.7. The Morgan fingerprint density at radius 3 is 2.75 bits per heavy atom. The Balaban J connectivity index is 2.18. The molecule has 28 heavy (non-hydrogen) atoms. The van der Waals surface area contributed by atoms with Gasteiger partial charge in [0.05, 0.1) is 34.9 Å². The molecule has 0 aliphatic carbocycles. The normalized spacial score (nSPS) is 15.4. The minimum Gasteiger partial charge on any atom is -0.497 e. The molecule has 0 N–H and O–H groups in total. The van der Waals surface area contributed by atoms with Crippen molar-refractivity contribution in [2.75, 3.05) is 19.5 Å². The van der Waals surface area contributed by atoms with Crippen LogP contribution in [0.4, 0.5) is 0 Å². The van der Waals surface area contributed by atoms with Crippen LogP contribution in [0.3, 0.4) is 0 Å². The predicted octanol–water partition coefficient (Wildman–Crippen LogP) is 2.98. The number of aromatic nitrogens is 1. The van der Waals surface area contributed by atoms with Gasteiger partial charge in [-0.2, -0.15) is 0 Å². The van der Waals surface area contributed by atoms with E-state index in [1.165, 1.54) is 0 Å². The Morgan fingerprint density at radius 1 is 1.21 bits per heavy atom. The van der Waals surface area contributed by atoms with Crippen molar-refractivity contribution in [3.05, 3.63) is 58.4 Å². The Kier molecular flexibility index (Phi) is 4.77. The van der Waals surface area contributed by atoms with Crippen molar-refractivity contribution < 1.29 is 18.5 Å². The van der Waals surface area contributed by atoms with E-state index < -0.39 is 22.3 Å². The van der Waals surface area contributed by atoms with Gasteiger partial charge < -0.3 is 14.0 Å². The highest BCUT2D eigenvalue weighted by Gasteiger charge is 2.28. The van der Waals surface area contributed by atoms with Crippen LogP contribution in [0.25, 0.3) is 22.0 Å². The third-order valence-electron chi connectivity index (χ3n) is 4.83. The van der Waals surface area contributed by atoms with E-state index in [9.17, 15) is 13.8 Å². The first-order valence-corrected chi connectivity index (χ1v) is 10.3. The highest BCUT2D eigenvalue weighted by molar-refractivity contribution is 7.85. The number of carbonyl (C=O) groups excluding carboxylic acids is 1. The number of pyridine rings is 1. The molecule has 1 unspecified atom stereocenters. The summed E-state index contributed by atoms with van der Waals surface area (Å²) in [6.07, 6.45) is 0. The summed E-state index contributed by atoms with van der Waals surface area (Å²) in [6, 6.07) is 12.6. The van der Waals surface area contributed by atoms with Crippen molar-refractivity contribution in [2.45, 2.75) is 18.4 Å². The van der Waals surface area contributed by atoms with Crippen molar-refractivity contribution in [2.24, 2.45) is 0 Å². The van der Waals surface area contributed by atoms with Crippen molar-refractivity contribution in [3.63, 3.8) is 0 Å². The highest BCUT2D eigenvalue weighted by Crippen LogP contribution is 2.36. The summed E-state index contributed by atoms with van der Waals surface area (Å²) >= 11 is 0. The molecule has 0 spiro atoms. The maximum absolute atomic E-state index is 13.3. The SMILES string of the molecule is CCOC(=O)c1c(-c2cccc(OC)c2)c2cccc3c2n(c1=O)CCS3=O. The molecule has 1 atom stereocenters. The van der Waals surface area contributed by atoms with Crippen molar-refractivity contribution in [3.8, 4) is 16.9 Å². The lowest BCUT2D eigenvalue weighted by molar-refractivity contribution is 0.0524. The van der Waals surface area contributed by atoms with Gasteiger partial charge in [-0.3, -0.25) is 9.00 Å².